The van der Waals surface area contributed by atoms with Crippen LogP contribution in [-0.4, -0.2) is 48.5 Å². The molecule has 0 spiro atoms. The summed E-state index contributed by atoms with van der Waals surface area (Å²) in [7, 11) is 1.41. The fourth-order valence-corrected chi connectivity index (χ4v) is 3.78. The number of nitrogen functional groups attached to an aromatic ring is 1. The normalized spacial score (nSPS) is 18.0. The highest BCUT2D eigenvalue weighted by Gasteiger charge is 2.25. The fourth-order valence-electron chi connectivity index (χ4n) is 3.78. The molecule has 0 aromatic heterocycles. The summed E-state index contributed by atoms with van der Waals surface area (Å²) in [6.45, 7) is 4.95. The minimum Gasteiger partial charge on any atom is -0.496 e. The van der Waals surface area contributed by atoms with E-state index in [0.717, 1.165) is 45.3 Å². The number of hydrogen-bond acceptors (Lipinski definition) is 6. The van der Waals surface area contributed by atoms with E-state index in [1.807, 2.05) is 0 Å². The summed E-state index contributed by atoms with van der Waals surface area (Å²) in [5.41, 5.74) is 8.37. The van der Waals surface area contributed by atoms with Gasteiger partial charge in [0.15, 0.2) is 0 Å². The molecule has 1 aromatic carbocycles. The summed E-state index contributed by atoms with van der Waals surface area (Å²) in [5.74, 6) is -0.144. The zero-order valence-corrected chi connectivity index (χ0v) is 16.9. The van der Waals surface area contributed by atoms with Crippen LogP contribution >= 0.6 is 0 Å². The maximum atomic E-state index is 12.7. The van der Waals surface area contributed by atoms with Crippen molar-refractivity contribution in [2.24, 2.45) is 0 Å². The van der Waals surface area contributed by atoms with E-state index in [1.165, 1.54) is 30.4 Å². The van der Waals surface area contributed by atoms with Crippen LogP contribution in [0.15, 0.2) is 35.4 Å². The first kappa shape index (κ1) is 20.9. The van der Waals surface area contributed by atoms with Gasteiger partial charge in [0.1, 0.15) is 11.4 Å². The van der Waals surface area contributed by atoms with Gasteiger partial charge in [-0.3, -0.25) is 19.8 Å². The smallest absolute Gasteiger partial charge is 0.293 e. The predicted molar refractivity (Wildman–Crippen MR) is 112 cm³/mol. The van der Waals surface area contributed by atoms with Crippen molar-refractivity contribution >= 4 is 17.3 Å². The van der Waals surface area contributed by atoms with Gasteiger partial charge in [0.05, 0.1) is 17.6 Å². The first-order valence-corrected chi connectivity index (χ1v) is 9.86. The number of amides is 1. The molecule has 156 valence electrons. The Kier molecular flexibility index (Phi) is 6.53. The van der Waals surface area contributed by atoms with Crippen LogP contribution < -0.4 is 15.8 Å². The van der Waals surface area contributed by atoms with Gasteiger partial charge >= 0.3 is 0 Å². The van der Waals surface area contributed by atoms with Crippen LogP contribution in [0.2, 0.25) is 0 Å². The van der Waals surface area contributed by atoms with Gasteiger partial charge in [-0.2, -0.15) is 0 Å². The van der Waals surface area contributed by atoms with E-state index in [0.29, 0.717) is 0 Å². The number of hydrogen-bond donors (Lipinski definition) is 2. The Hall–Kier alpha value is -2.87. The first-order valence-electron chi connectivity index (χ1n) is 9.86. The van der Waals surface area contributed by atoms with E-state index in [1.54, 1.807) is 0 Å². The lowest BCUT2D eigenvalue weighted by molar-refractivity contribution is -0.383. The van der Waals surface area contributed by atoms with Crippen LogP contribution in [0.3, 0.4) is 0 Å². The Morgan fingerprint density at radius 1 is 1.31 bits per heavy atom. The van der Waals surface area contributed by atoms with E-state index >= 15 is 0 Å². The largest absolute Gasteiger partial charge is 0.496 e. The van der Waals surface area contributed by atoms with Gasteiger partial charge in [-0.15, -0.1) is 0 Å². The third-order valence-electron chi connectivity index (χ3n) is 5.57. The van der Waals surface area contributed by atoms with Gasteiger partial charge in [-0.25, -0.2) is 0 Å². The molecule has 0 unspecified atom stereocenters. The molecule has 3 N–H and O–H groups in total. The van der Waals surface area contributed by atoms with Crippen molar-refractivity contribution in [3.63, 3.8) is 0 Å². The van der Waals surface area contributed by atoms with Gasteiger partial charge in [0.2, 0.25) is 0 Å². The number of carbonyl (C=O) groups is 1. The van der Waals surface area contributed by atoms with E-state index in [-0.39, 0.29) is 34.6 Å². The monoisotopic (exact) mass is 400 g/mol. The molecule has 1 fully saturated rings. The molecular formula is C21H28N4O4. The molecule has 8 nitrogen and oxygen atoms in total. The second-order valence-electron chi connectivity index (χ2n) is 7.71. The number of methoxy groups -OCH3 is 1. The highest BCUT2D eigenvalue weighted by Crippen LogP contribution is 2.31. The predicted octanol–water partition coefficient (Wildman–Crippen LogP) is 3.05. The van der Waals surface area contributed by atoms with Crippen LogP contribution in [0.1, 0.15) is 43.0 Å². The van der Waals surface area contributed by atoms with Gasteiger partial charge < -0.3 is 15.8 Å². The minimum atomic E-state index is -0.597. The van der Waals surface area contributed by atoms with Crippen molar-refractivity contribution in [1.82, 2.24) is 10.2 Å². The summed E-state index contributed by atoms with van der Waals surface area (Å²) in [5, 5.41) is 14.1. The van der Waals surface area contributed by atoms with E-state index in [4.69, 9.17) is 10.5 Å². The molecule has 0 saturated carbocycles. The number of nitro benzene ring substituents is 1. The van der Waals surface area contributed by atoms with Gasteiger partial charge in [-0.05, 0) is 32.6 Å². The number of benzene rings is 1. The number of piperidine rings is 1. The Bertz CT molecular complexity index is 854. The average molecular weight is 400 g/mol. The number of anilines is 1. The number of carbonyl (C=O) groups excluding carboxylic acids is 1. The third-order valence-corrected chi connectivity index (χ3v) is 5.57. The molecule has 1 amide bonds. The van der Waals surface area contributed by atoms with E-state index in [2.05, 4.69) is 29.3 Å². The van der Waals surface area contributed by atoms with Crippen LogP contribution in [0.4, 0.5) is 11.4 Å². The topological polar surface area (TPSA) is 111 Å². The molecule has 1 aliphatic carbocycles. The number of nitrogens with one attached hydrogen (secondary N) is 1. The molecule has 2 aliphatic rings. The van der Waals surface area contributed by atoms with Gasteiger partial charge in [-0.1, -0.05) is 23.3 Å². The molecule has 0 atom stereocenters. The third kappa shape index (κ3) is 5.14. The molecule has 1 aliphatic heterocycles. The Morgan fingerprint density at radius 2 is 2.03 bits per heavy atom. The molecular weight excluding hydrogens is 372 g/mol. The van der Waals surface area contributed by atoms with Crippen molar-refractivity contribution < 1.29 is 14.5 Å². The number of likely N-dealkylation sites (tertiary alicyclic amines) is 1. The lowest BCUT2D eigenvalue weighted by Gasteiger charge is -2.33. The van der Waals surface area contributed by atoms with Crippen LogP contribution in [0.25, 0.3) is 0 Å². The SMILES string of the molecule is COc1cc(N)c([N+](=O)[O-])cc1C(=O)NC1CCN(CC2=CCC(C)=CC2)CC1. The number of nitrogens with two attached hydrogens (primary N) is 1. The molecule has 1 aromatic rings. The number of nitro groups is 1. The van der Waals surface area contributed by atoms with Crippen LogP contribution in [0.5, 0.6) is 5.75 Å². The average Bonchev–Trinajstić information content (AvgIpc) is 2.70. The van der Waals surface area contributed by atoms with Crippen molar-refractivity contribution in [2.45, 2.75) is 38.6 Å². The maximum Gasteiger partial charge on any atom is 0.293 e. The molecule has 8 heteroatoms. The molecule has 1 heterocycles. The summed E-state index contributed by atoms with van der Waals surface area (Å²) < 4.78 is 5.20. The fraction of sp³-hybridized carbons (Fsp3) is 0.476. The maximum absolute atomic E-state index is 12.7. The number of allylic oxidation sites excluding steroid dienone is 3. The highest BCUT2D eigenvalue weighted by molar-refractivity contribution is 5.98. The van der Waals surface area contributed by atoms with Crippen molar-refractivity contribution in [1.29, 1.82) is 0 Å². The summed E-state index contributed by atoms with van der Waals surface area (Å²) in [4.78, 5) is 25.7. The quantitative estimate of drug-likeness (QED) is 0.329. The number of ether oxygens (including phenoxy) is 1. The second kappa shape index (κ2) is 9.09. The summed E-state index contributed by atoms with van der Waals surface area (Å²) >= 11 is 0. The number of nitrogens with zero attached hydrogens (tertiary/aromatic N) is 2. The number of rotatable bonds is 6. The Labute approximate surface area is 170 Å². The van der Waals surface area contributed by atoms with Crippen molar-refractivity contribution in [2.75, 3.05) is 32.5 Å². The Morgan fingerprint density at radius 3 is 2.62 bits per heavy atom. The first-order chi connectivity index (χ1) is 13.9. The van der Waals surface area contributed by atoms with Gasteiger partial charge in [0, 0.05) is 37.8 Å². The lowest BCUT2D eigenvalue weighted by Crippen LogP contribution is -2.45. The molecule has 29 heavy (non-hydrogen) atoms. The summed E-state index contributed by atoms with van der Waals surface area (Å²) in [6.07, 6.45) is 8.36. The van der Waals surface area contributed by atoms with Crippen molar-refractivity contribution in [3.05, 3.63) is 51.1 Å². The highest BCUT2D eigenvalue weighted by atomic mass is 16.6. The second-order valence-corrected chi connectivity index (χ2v) is 7.71. The van der Waals surface area contributed by atoms with Crippen LogP contribution in [0, 0.1) is 10.1 Å². The standard InChI is InChI=1S/C21H28N4O4/c1-14-3-5-15(6-4-14)13-24-9-7-16(8-10-24)23-21(26)17-11-19(25(27)28)18(22)12-20(17)29-2/h3,6,11-12,16H,4-5,7-10,13,22H2,1-2H3,(H,23,26). The summed E-state index contributed by atoms with van der Waals surface area (Å²) in [6, 6.07) is 2.54. The van der Waals surface area contributed by atoms with Crippen molar-refractivity contribution in [3.8, 4) is 5.75 Å². The zero-order chi connectivity index (χ0) is 21.0. The van der Waals surface area contributed by atoms with E-state index in [9.17, 15) is 14.9 Å². The Balaban J connectivity index is 1.57. The lowest BCUT2D eigenvalue weighted by atomic mass is 9.98. The molecule has 0 radical (unpaired) electrons. The van der Waals surface area contributed by atoms with E-state index < -0.39 is 4.92 Å². The molecule has 1 saturated heterocycles. The molecule has 3 rings (SSSR count). The van der Waals surface area contributed by atoms with Gasteiger partial charge in [0.25, 0.3) is 11.6 Å². The van der Waals surface area contributed by atoms with Crippen LogP contribution in [-0.2, 0) is 0 Å². The minimum absolute atomic E-state index is 0.0289. The zero-order valence-electron chi connectivity index (χ0n) is 16.9. The molecule has 0 bridgehead atoms.